The molecule has 1 aromatic carbocycles. The number of aromatic nitrogens is 3. The molecule has 0 amide bonds. The molecule has 0 saturated heterocycles. The minimum Gasteiger partial charge on any atom is -0.497 e. The highest BCUT2D eigenvalue weighted by atomic mass is 16.5. The lowest BCUT2D eigenvalue weighted by Gasteiger charge is -2.10. The molecule has 1 atom stereocenters. The van der Waals surface area contributed by atoms with E-state index in [1.54, 1.807) is 13.2 Å². The van der Waals surface area contributed by atoms with Crippen LogP contribution in [0.15, 0.2) is 29.1 Å². The third kappa shape index (κ3) is 2.89. The Morgan fingerprint density at radius 1 is 1.56 bits per heavy atom. The highest BCUT2D eigenvalue weighted by molar-refractivity contribution is 5.48. The van der Waals surface area contributed by atoms with Gasteiger partial charge in [-0.3, -0.25) is 4.98 Å². The van der Waals surface area contributed by atoms with Crippen LogP contribution >= 0.6 is 0 Å². The topological polar surface area (TPSA) is 103 Å². The highest BCUT2D eigenvalue weighted by Gasteiger charge is 2.11. The van der Waals surface area contributed by atoms with E-state index < -0.39 is 11.8 Å². The van der Waals surface area contributed by atoms with E-state index in [1.165, 1.54) is 0 Å². The zero-order chi connectivity index (χ0) is 13.0. The number of aliphatic hydroxyl groups is 1. The summed E-state index contributed by atoms with van der Waals surface area (Å²) in [6.07, 6.45) is -0.893. The van der Waals surface area contributed by atoms with Crippen LogP contribution < -0.4 is 15.7 Å². The monoisotopic (exact) mass is 250 g/mol. The van der Waals surface area contributed by atoms with Crippen molar-refractivity contribution < 1.29 is 9.84 Å². The number of H-pyrrole nitrogens is 2. The summed E-state index contributed by atoms with van der Waals surface area (Å²) in [5, 5.41) is 18.6. The average molecular weight is 250 g/mol. The number of hydrogen-bond donors (Lipinski definition) is 4. The van der Waals surface area contributed by atoms with E-state index in [0.29, 0.717) is 0 Å². The van der Waals surface area contributed by atoms with E-state index in [2.05, 4.69) is 20.5 Å². The number of anilines is 1. The summed E-state index contributed by atoms with van der Waals surface area (Å²) in [5.41, 5.74) is 0.372. The van der Waals surface area contributed by atoms with Gasteiger partial charge in [0.1, 0.15) is 11.9 Å². The number of aliphatic hydroxyl groups excluding tert-OH is 1. The third-order valence-corrected chi connectivity index (χ3v) is 2.40. The minimum atomic E-state index is -0.893. The third-order valence-electron chi connectivity index (χ3n) is 2.40. The number of hydrogen-bond acceptors (Lipinski definition) is 5. The summed E-state index contributed by atoms with van der Waals surface area (Å²) in [5.74, 6) is 0.929. The summed E-state index contributed by atoms with van der Waals surface area (Å²) >= 11 is 0. The summed E-state index contributed by atoms with van der Waals surface area (Å²) in [7, 11) is 1.59. The predicted molar refractivity (Wildman–Crippen MR) is 65.7 cm³/mol. The van der Waals surface area contributed by atoms with Crippen LogP contribution in [0.3, 0.4) is 0 Å². The lowest BCUT2D eigenvalue weighted by atomic mass is 10.2. The number of methoxy groups -OCH3 is 1. The summed E-state index contributed by atoms with van der Waals surface area (Å²) in [6.45, 7) is 0.230. The molecule has 0 aliphatic heterocycles. The van der Waals surface area contributed by atoms with Crippen molar-refractivity contribution in [1.29, 1.82) is 0 Å². The summed E-state index contributed by atoms with van der Waals surface area (Å²) in [6, 6.07) is 7.32. The maximum Gasteiger partial charge on any atom is 0.340 e. The standard InChI is InChI=1S/C11H14N4O3/c1-18-8-4-2-3-7(5-8)12-6-9(16)10-13-11(17)15-14-10/h2-5,9,12,16H,6H2,1H3,(H2,13,14,15,17). The summed E-state index contributed by atoms with van der Waals surface area (Å²) in [4.78, 5) is 13.2. The van der Waals surface area contributed by atoms with Crippen molar-refractivity contribution >= 4 is 5.69 Å². The Morgan fingerprint density at radius 3 is 3.06 bits per heavy atom. The Balaban J connectivity index is 1.96. The van der Waals surface area contributed by atoms with E-state index in [-0.39, 0.29) is 12.4 Å². The Morgan fingerprint density at radius 2 is 2.39 bits per heavy atom. The molecule has 0 radical (unpaired) electrons. The van der Waals surface area contributed by atoms with Crippen molar-refractivity contribution in [3.05, 3.63) is 40.6 Å². The molecule has 0 saturated carbocycles. The van der Waals surface area contributed by atoms with Gasteiger partial charge >= 0.3 is 5.69 Å². The van der Waals surface area contributed by atoms with E-state index in [1.807, 2.05) is 18.2 Å². The van der Waals surface area contributed by atoms with Gasteiger partial charge in [-0.2, -0.15) is 5.10 Å². The second-order valence-electron chi connectivity index (χ2n) is 3.69. The van der Waals surface area contributed by atoms with Gasteiger partial charge in [0.25, 0.3) is 0 Å². The van der Waals surface area contributed by atoms with Gasteiger partial charge in [-0.25, -0.2) is 9.89 Å². The van der Waals surface area contributed by atoms with Crippen molar-refractivity contribution in [3.8, 4) is 5.75 Å². The molecule has 0 spiro atoms. The van der Waals surface area contributed by atoms with Gasteiger partial charge in [0.2, 0.25) is 0 Å². The van der Waals surface area contributed by atoms with Gasteiger partial charge < -0.3 is 15.2 Å². The fourth-order valence-electron chi connectivity index (χ4n) is 1.49. The molecule has 96 valence electrons. The van der Waals surface area contributed by atoms with Gasteiger partial charge in [-0.05, 0) is 12.1 Å². The van der Waals surface area contributed by atoms with Gasteiger partial charge in [0.15, 0.2) is 5.82 Å². The first-order chi connectivity index (χ1) is 8.69. The minimum absolute atomic E-state index is 0.204. The van der Waals surface area contributed by atoms with E-state index in [0.717, 1.165) is 11.4 Å². The molecule has 18 heavy (non-hydrogen) atoms. The van der Waals surface area contributed by atoms with Crippen LogP contribution in [-0.4, -0.2) is 33.9 Å². The smallest absolute Gasteiger partial charge is 0.340 e. The fourth-order valence-corrected chi connectivity index (χ4v) is 1.49. The van der Waals surface area contributed by atoms with Gasteiger partial charge in [-0.15, -0.1) is 0 Å². The average Bonchev–Trinajstić information content (AvgIpc) is 2.83. The van der Waals surface area contributed by atoms with Gasteiger partial charge in [0.05, 0.1) is 7.11 Å². The van der Waals surface area contributed by atoms with Crippen LogP contribution in [0.4, 0.5) is 5.69 Å². The Bertz CT molecular complexity index is 563. The molecule has 1 unspecified atom stereocenters. The molecule has 0 aliphatic carbocycles. The zero-order valence-electron chi connectivity index (χ0n) is 9.80. The molecule has 1 heterocycles. The van der Waals surface area contributed by atoms with Crippen molar-refractivity contribution in [2.24, 2.45) is 0 Å². The Labute approximate surface area is 103 Å². The molecule has 0 fully saturated rings. The molecule has 1 aromatic heterocycles. The number of nitrogens with one attached hydrogen (secondary N) is 3. The second-order valence-corrected chi connectivity index (χ2v) is 3.69. The van der Waals surface area contributed by atoms with Crippen LogP contribution in [0.5, 0.6) is 5.75 Å². The SMILES string of the molecule is COc1cccc(NCC(O)c2n[nH]c(=O)[nH]2)c1. The molecule has 0 aliphatic rings. The molecule has 0 bridgehead atoms. The maximum absolute atomic E-state index is 10.8. The zero-order valence-corrected chi connectivity index (χ0v) is 9.80. The number of aromatic amines is 2. The number of ether oxygens (including phenoxy) is 1. The Kier molecular flexibility index (Phi) is 3.63. The summed E-state index contributed by atoms with van der Waals surface area (Å²) < 4.78 is 5.08. The van der Waals surface area contributed by atoms with Crippen LogP contribution in [0.2, 0.25) is 0 Å². The van der Waals surface area contributed by atoms with Crippen LogP contribution in [-0.2, 0) is 0 Å². The Hall–Kier alpha value is -2.28. The van der Waals surface area contributed by atoms with Crippen LogP contribution in [0.1, 0.15) is 11.9 Å². The van der Waals surface area contributed by atoms with Gasteiger partial charge in [0, 0.05) is 18.3 Å². The number of rotatable bonds is 5. The van der Waals surface area contributed by atoms with E-state index in [9.17, 15) is 9.90 Å². The normalized spacial score (nSPS) is 12.1. The molecule has 7 heteroatoms. The van der Waals surface area contributed by atoms with Crippen molar-refractivity contribution in [3.63, 3.8) is 0 Å². The quantitative estimate of drug-likeness (QED) is 0.609. The first-order valence-electron chi connectivity index (χ1n) is 5.39. The molecule has 2 rings (SSSR count). The molecule has 4 N–H and O–H groups in total. The number of nitrogens with zero attached hydrogens (tertiary/aromatic N) is 1. The molecule has 2 aromatic rings. The highest BCUT2D eigenvalue weighted by Crippen LogP contribution is 2.17. The second kappa shape index (κ2) is 5.37. The van der Waals surface area contributed by atoms with Gasteiger partial charge in [-0.1, -0.05) is 6.07 Å². The lowest BCUT2D eigenvalue weighted by Crippen LogP contribution is -2.14. The first kappa shape index (κ1) is 12.2. The van der Waals surface area contributed by atoms with Crippen molar-refractivity contribution in [2.75, 3.05) is 19.0 Å². The van der Waals surface area contributed by atoms with E-state index >= 15 is 0 Å². The van der Waals surface area contributed by atoms with Crippen molar-refractivity contribution in [2.45, 2.75) is 6.10 Å². The van der Waals surface area contributed by atoms with E-state index in [4.69, 9.17) is 4.74 Å². The maximum atomic E-state index is 10.8. The van der Waals surface area contributed by atoms with Crippen molar-refractivity contribution in [1.82, 2.24) is 15.2 Å². The number of benzene rings is 1. The molecule has 7 nitrogen and oxygen atoms in total. The largest absolute Gasteiger partial charge is 0.497 e. The molecular weight excluding hydrogens is 236 g/mol. The molecular formula is C11H14N4O3. The van der Waals surface area contributed by atoms with Crippen LogP contribution in [0, 0.1) is 0 Å². The lowest BCUT2D eigenvalue weighted by molar-refractivity contribution is 0.182. The van der Waals surface area contributed by atoms with Crippen LogP contribution in [0.25, 0.3) is 0 Å². The fraction of sp³-hybridized carbons (Fsp3) is 0.273. The predicted octanol–water partition coefficient (Wildman–Crippen LogP) is 0.252. The first-order valence-corrected chi connectivity index (χ1v) is 5.39.